The van der Waals surface area contributed by atoms with Gasteiger partial charge < -0.3 is 31.1 Å². The van der Waals surface area contributed by atoms with Crippen LogP contribution in [0.2, 0.25) is 0 Å². The number of hydrogen-bond donors (Lipinski definition) is 4. The molecule has 11 nitrogen and oxygen atoms in total. The van der Waals surface area contributed by atoms with Crippen LogP contribution in [0.25, 0.3) is 0 Å². The van der Waals surface area contributed by atoms with Crippen molar-refractivity contribution in [3.63, 3.8) is 0 Å². The molecule has 2 saturated heterocycles. The number of carbonyl (C=O) groups excluding carboxylic acids is 5. The van der Waals surface area contributed by atoms with Crippen molar-refractivity contribution in [2.75, 3.05) is 52.4 Å². The molecule has 0 spiro atoms. The summed E-state index contributed by atoms with van der Waals surface area (Å²) in [5, 5.41) is 11.6. The maximum atomic E-state index is 12.9. The van der Waals surface area contributed by atoms with Crippen LogP contribution in [0, 0.1) is 5.92 Å². The summed E-state index contributed by atoms with van der Waals surface area (Å²) in [7, 11) is 0. The highest BCUT2D eigenvalue weighted by Crippen LogP contribution is 2.20. The molecule has 2 aliphatic rings. The van der Waals surface area contributed by atoms with E-state index in [4.69, 9.17) is 0 Å². The second-order valence-electron chi connectivity index (χ2n) is 17.7. The van der Waals surface area contributed by atoms with Crippen LogP contribution in [0.4, 0.5) is 0 Å². The fraction of sp³-hybridized carbons (Fsp3) is 0.788. The van der Waals surface area contributed by atoms with Crippen molar-refractivity contribution in [1.29, 1.82) is 0 Å². The van der Waals surface area contributed by atoms with Crippen LogP contribution < -0.4 is 21.3 Å². The van der Waals surface area contributed by atoms with E-state index in [1.807, 2.05) is 34.1 Å². The summed E-state index contributed by atoms with van der Waals surface area (Å²) in [6, 6.07) is 7.65. The maximum absolute atomic E-state index is 12.9. The van der Waals surface area contributed by atoms with E-state index < -0.39 is 0 Å². The van der Waals surface area contributed by atoms with E-state index in [9.17, 15) is 24.0 Å². The van der Waals surface area contributed by atoms with Crippen molar-refractivity contribution in [1.82, 2.24) is 31.1 Å². The molecule has 3 rings (SSSR count). The Morgan fingerprint density at radius 1 is 0.476 bits per heavy atom. The van der Waals surface area contributed by atoms with Gasteiger partial charge in [0.15, 0.2) is 0 Å². The quantitative estimate of drug-likeness (QED) is 0.0401. The molecule has 2 aliphatic heterocycles. The van der Waals surface area contributed by atoms with Gasteiger partial charge in [-0.3, -0.25) is 24.0 Å². The minimum absolute atomic E-state index is 0.0765. The number of nitrogens with one attached hydrogen (secondary N) is 4. The molecule has 2 atom stereocenters. The highest BCUT2D eigenvalue weighted by molar-refractivity contribution is 5.98. The lowest BCUT2D eigenvalue weighted by molar-refractivity contribution is -0.110. The van der Waals surface area contributed by atoms with E-state index in [-0.39, 0.29) is 11.8 Å². The minimum Gasteiger partial charge on any atom is -0.359 e. The number of nitrogens with zero attached hydrogens (tertiary/aromatic N) is 2. The topological polar surface area (TPSA) is 140 Å². The lowest BCUT2D eigenvalue weighted by atomic mass is 10.1. The molecule has 0 aromatic heterocycles. The second kappa shape index (κ2) is 45.1. The summed E-state index contributed by atoms with van der Waals surface area (Å²) in [5.41, 5.74) is 1.36. The Bertz CT molecular complexity index is 1170. The lowest BCUT2D eigenvalue weighted by Crippen LogP contribution is -2.35. The van der Waals surface area contributed by atoms with Crippen molar-refractivity contribution in [3.8, 4) is 0 Å². The summed E-state index contributed by atoms with van der Waals surface area (Å²) in [6.07, 6.45) is 35.3. The zero-order chi connectivity index (χ0) is 46.4. The molecule has 2 heterocycles. The van der Waals surface area contributed by atoms with Gasteiger partial charge in [-0.15, -0.1) is 0 Å². The molecule has 0 saturated carbocycles. The average Bonchev–Trinajstić information content (AvgIpc) is 3.97. The maximum Gasteiger partial charge on any atom is 0.253 e. The molecule has 1 aromatic carbocycles. The number of unbranched alkanes of at least 4 members (excludes halogenated alkanes) is 20. The summed E-state index contributed by atoms with van der Waals surface area (Å²) >= 11 is 0. The third kappa shape index (κ3) is 34.6. The molecule has 2 unspecified atom stereocenters. The first-order chi connectivity index (χ1) is 30.8. The number of likely N-dealkylation sites (tertiary alicyclic amines) is 2. The molecule has 364 valence electrons. The predicted molar refractivity (Wildman–Crippen MR) is 264 cm³/mol. The number of amides is 5. The third-order valence-electron chi connectivity index (χ3n) is 11.8. The van der Waals surface area contributed by atoms with E-state index >= 15 is 0 Å². The number of benzene rings is 1. The van der Waals surface area contributed by atoms with Crippen LogP contribution in [0.15, 0.2) is 24.3 Å². The van der Waals surface area contributed by atoms with E-state index in [0.717, 1.165) is 104 Å². The first-order valence-electron chi connectivity index (χ1n) is 25.8. The Hall–Kier alpha value is -3.47. The van der Waals surface area contributed by atoms with Crippen molar-refractivity contribution in [2.24, 2.45) is 5.92 Å². The second-order valence-corrected chi connectivity index (χ2v) is 17.7. The van der Waals surface area contributed by atoms with E-state index in [0.29, 0.717) is 23.1 Å². The zero-order valence-electron chi connectivity index (χ0n) is 41.2. The van der Waals surface area contributed by atoms with Crippen LogP contribution in [0.1, 0.15) is 222 Å². The summed E-state index contributed by atoms with van der Waals surface area (Å²) in [6.45, 7) is 17.9. The van der Waals surface area contributed by atoms with Crippen LogP contribution in [0.3, 0.4) is 0 Å². The highest BCUT2D eigenvalue weighted by Gasteiger charge is 2.27. The van der Waals surface area contributed by atoms with E-state index in [1.54, 1.807) is 0 Å². The van der Waals surface area contributed by atoms with Crippen molar-refractivity contribution in [2.45, 2.75) is 208 Å². The fourth-order valence-electron chi connectivity index (χ4n) is 7.76. The smallest absolute Gasteiger partial charge is 0.253 e. The molecular formula is C52H96N6O5. The highest BCUT2D eigenvalue weighted by atomic mass is 16.2. The molecule has 5 amide bonds. The largest absolute Gasteiger partial charge is 0.359 e. The van der Waals surface area contributed by atoms with E-state index in [2.05, 4.69) is 55.9 Å². The monoisotopic (exact) mass is 885 g/mol. The molecular weight excluding hydrogens is 789 g/mol. The zero-order valence-corrected chi connectivity index (χ0v) is 41.2. The Labute approximate surface area is 386 Å². The third-order valence-corrected chi connectivity index (χ3v) is 11.8. The number of rotatable bonds is 34. The Morgan fingerprint density at radius 2 is 0.794 bits per heavy atom. The van der Waals surface area contributed by atoms with Gasteiger partial charge in [0, 0.05) is 63.0 Å². The van der Waals surface area contributed by atoms with Gasteiger partial charge >= 0.3 is 0 Å². The first kappa shape index (κ1) is 59.5. The number of carbonyl (C=O) groups is 5. The van der Waals surface area contributed by atoms with Crippen molar-refractivity contribution >= 4 is 31.0 Å². The Morgan fingerprint density at radius 3 is 1.13 bits per heavy atom. The van der Waals surface area contributed by atoms with Gasteiger partial charge in [-0.25, -0.2) is 0 Å². The van der Waals surface area contributed by atoms with Gasteiger partial charge in [0.2, 0.25) is 19.2 Å². The SMILES string of the molecule is CCCCCCCCNC1CCN(C(=O)c2ccc(C(=O)N3CCC(C)C3)cc2)C1.CCCCCCCCNC=O.CCCCCCCCNC=O.CCCCCCCCNC=O. The van der Waals surface area contributed by atoms with Crippen molar-refractivity contribution < 1.29 is 24.0 Å². The van der Waals surface area contributed by atoms with Gasteiger partial charge in [0.1, 0.15) is 0 Å². The van der Waals surface area contributed by atoms with Crippen LogP contribution in [-0.4, -0.2) is 99.2 Å². The van der Waals surface area contributed by atoms with Crippen LogP contribution in [-0.2, 0) is 14.4 Å². The fourth-order valence-corrected chi connectivity index (χ4v) is 7.76. The summed E-state index contributed by atoms with van der Waals surface area (Å²) in [5.74, 6) is 0.735. The summed E-state index contributed by atoms with van der Waals surface area (Å²) in [4.78, 5) is 58.8. The molecule has 0 aliphatic carbocycles. The first-order valence-corrected chi connectivity index (χ1v) is 25.8. The average molecular weight is 885 g/mol. The van der Waals surface area contributed by atoms with Crippen molar-refractivity contribution in [3.05, 3.63) is 35.4 Å². The van der Waals surface area contributed by atoms with Crippen LogP contribution >= 0.6 is 0 Å². The van der Waals surface area contributed by atoms with Gasteiger partial charge in [-0.2, -0.15) is 0 Å². The minimum atomic E-state index is 0.0765. The normalized spacial score (nSPS) is 15.2. The van der Waals surface area contributed by atoms with Gasteiger partial charge in [0.05, 0.1) is 0 Å². The van der Waals surface area contributed by atoms with Gasteiger partial charge in [-0.05, 0) is 75.3 Å². The van der Waals surface area contributed by atoms with Crippen LogP contribution in [0.5, 0.6) is 0 Å². The molecule has 4 N–H and O–H groups in total. The molecule has 0 bridgehead atoms. The molecule has 63 heavy (non-hydrogen) atoms. The molecule has 1 aromatic rings. The standard InChI is InChI=1S/C25H39N3O2.3C9H19NO/c1-3-4-5-6-7-8-15-26-23-14-17-28(19-23)25(30)22-11-9-21(10-12-22)24(29)27-16-13-20(2)18-27;3*1-2-3-4-5-6-7-8-10-9-11/h9-12,20,23,26H,3-8,13-19H2,1-2H3;3*9H,2-8H2,1H3,(H,10,11). The summed E-state index contributed by atoms with van der Waals surface area (Å²) < 4.78 is 0. The Balaban J connectivity index is 0.000000959. The van der Waals surface area contributed by atoms with Gasteiger partial charge in [0.25, 0.3) is 11.8 Å². The Kier molecular flexibility index (Phi) is 42.6. The molecule has 2 fully saturated rings. The number of hydrogen-bond acceptors (Lipinski definition) is 6. The molecule has 0 radical (unpaired) electrons. The predicted octanol–water partition coefficient (Wildman–Crippen LogP) is 10.6. The molecule has 11 heteroatoms. The van der Waals surface area contributed by atoms with Gasteiger partial charge in [-0.1, -0.05) is 163 Å². The lowest BCUT2D eigenvalue weighted by Gasteiger charge is -2.18. The van der Waals surface area contributed by atoms with E-state index in [1.165, 1.54) is 135 Å².